The highest BCUT2D eigenvalue weighted by molar-refractivity contribution is 7.09. The maximum Gasteiger partial charge on any atom is 0.113 e. The Kier molecular flexibility index (Phi) is 7.70. The molecule has 3 nitrogen and oxygen atoms in total. The first kappa shape index (κ1) is 17.6. The number of nitrogens with zero attached hydrogens (tertiary/aromatic N) is 1. The smallest absolute Gasteiger partial charge is 0.113 e. The summed E-state index contributed by atoms with van der Waals surface area (Å²) in [5.41, 5.74) is 1.25. The molecule has 116 valence electrons. The third-order valence-electron chi connectivity index (χ3n) is 3.65. The molecule has 0 bridgehead atoms. The Bertz CT molecular complexity index is 370. The molecule has 20 heavy (non-hydrogen) atoms. The molecule has 1 aromatic heterocycles. The SMILES string of the molecule is CCCC(CCC)(NCCOC)c1nc(C(C)C)cs1. The van der Waals surface area contributed by atoms with E-state index in [1.807, 2.05) is 11.3 Å². The number of hydrogen-bond acceptors (Lipinski definition) is 4. The van der Waals surface area contributed by atoms with Crippen molar-refractivity contribution in [1.82, 2.24) is 10.3 Å². The molecular weight excluding hydrogens is 268 g/mol. The van der Waals surface area contributed by atoms with Crippen molar-refractivity contribution in [3.8, 4) is 0 Å². The number of thiazole rings is 1. The maximum absolute atomic E-state index is 5.19. The Hall–Kier alpha value is -0.450. The van der Waals surface area contributed by atoms with Crippen LogP contribution in [0, 0.1) is 0 Å². The van der Waals surface area contributed by atoms with E-state index >= 15 is 0 Å². The molecule has 0 fully saturated rings. The summed E-state index contributed by atoms with van der Waals surface area (Å²) in [6.07, 6.45) is 4.60. The average molecular weight is 298 g/mol. The zero-order valence-corrected chi connectivity index (χ0v) is 14.5. The molecule has 1 rings (SSSR count). The highest BCUT2D eigenvalue weighted by atomic mass is 32.1. The molecule has 1 aromatic rings. The van der Waals surface area contributed by atoms with Crippen LogP contribution in [0.2, 0.25) is 0 Å². The molecule has 0 spiro atoms. The van der Waals surface area contributed by atoms with Crippen LogP contribution in [0.5, 0.6) is 0 Å². The second-order valence-corrected chi connectivity index (χ2v) is 6.59. The van der Waals surface area contributed by atoms with Gasteiger partial charge in [-0.2, -0.15) is 0 Å². The molecule has 0 aliphatic carbocycles. The molecule has 0 aromatic carbocycles. The molecule has 1 heterocycles. The van der Waals surface area contributed by atoms with Crippen molar-refractivity contribution in [3.63, 3.8) is 0 Å². The number of rotatable bonds is 10. The first-order valence-electron chi connectivity index (χ1n) is 7.79. The number of methoxy groups -OCH3 is 1. The summed E-state index contributed by atoms with van der Waals surface area (Å²) in [5.74, 6) is 0.500. The Balaban J connectivity index is 2.97. The molecule has 0 aliphatic rings. The van der Waals surface area contributed by atoms with Crippen molar-refractivity contribution in [2.75, 3.05) is 20.3 Å². The van der Waals surface area contributed by atoms with Crippen LogP contribution in [0.4, 0.5) is 0 Å². The summed E-state index contributed by atoms with van der Waals surface area (Å²) < 4.78 is 5.19. The summed E-state index contributed by atoms with van der Waals surface area (Å²) >= 11 is 1.81. The first-order valence-corrected chi connectivity index (χ1v) is 8.67. The van der Waals surface area contributed by atoms with Crippen molar-refractivity contribution < 1.29 is 4.74 Å². The normalized spacial score (nSPS) is 12.3. The van der Waals surface area contributed by atoms with Gasteiger partial charge in [-0.05, 0) is 18.8 Å². The summed E-state index contributed by atoms with van der Waals surface area (Å²) in [7, 11) is 1.75. The first-order chi connectivity index (χ1) is 9.59. The predicted octanol–water partition coefficient (Wildman–Crippen LogP) is 4.30. The van der Waals surface area contributed by atoms with Gasteiger partial charge in [-0.1, -0.05) is 40.5 Å². The van der Waals surface area contributed by atoms with Crippen molar-refractivity contribution in [2.45, 2.75) is 64.8 Å². The van der Waals surface area contributed by atoms with E-state index < -0.39 is 0 Å². The fourth-order valence-electron chi connectivity index (χ4n) is 2.61. The lowest BCUT2D eigenvalue weighted by molar-refractivity contribution is 0.176. The number of aromatic nitrogens is 1. The van der Waals surface area contributed by atoms with Gasteiger partial charge in [0, 0.05) is 19.0 Å². The molecule has 0 unspecified atom stereocenters. The van der Waals surface area contributed by atoms with Gasteiger partial charge < -0.3 is 10.1 Å². The summed E-state index contributed by atoms with van der Waals surface area (Å²) in [5, 5.41) is 7.20. The van der Waals surface area contributed by atoms with E-state index in [1.165, 1.54) is 10.7 Å². The Morgan fingerprint density at radius 3 is 2.40 bits per heavy atom. The third kappa shape index (κ3) is 4.54. The van der Waals surface area contributed by atoms with Gasteiger partial charge >= 0.3 is 0 Å². The largest absolute Gasteiger partial charge is 0.383 e. The van der Waals surface area contributed by atoms with E-state index in [-0.39, 0.29) is 5.54 Å². The van der Waals surface area contributed by atoms with Gasteiger partial charge in [-0.3, -0.25) is 0 Å². The zero-order valence-electron chi connectivity index (χ0n) is 13.7. The van der Waals surface area contributed by atoms with Crippen molar-refractivity contribution in [1.29, 1.82) is 0 Å². The lowest BCUT2D eigenvalue weighted by atomic mass is 9.89. The van der Waals surface area contributed by atoms with Gasteiger partial charge in [0.15, 0.2) is 0 Å². The lowest BCUT2D eigenvalue weighted by Crippen LogP contribution is -2.44. The van der Waals surface area contributed by atoms with Crippen LogP contribution in [0.15, 0.2) is 5.38 Å². The van der Waals surface area contributed by atoms with E-state index in [9.17, 15) is 0 Å². The van der Waals surface area contributed by atoms with Crippen LogP contribution in [-0.2, 0) is 10.3 Å². The molecule has 0 saturated carbocycles. The summed E-state index contributed by atoms with van der Waals surface area (Å²) in [6, 6.07) is 0. The highest BCUT2D eigenvalue weighted by Crippen LogP contribution is 2.35. The van der Waals surface area contributed by atoms with Crippen LogP contribution in [0.1, 0.15) is 70.0 Å². The predicted molar refractivity (Wildman–Crippen MR) is 87.6 cm³/mol. The molecule has 1 N–H and O–H groups in total. The Morgan fingerprint density at radius 2 is 1.95 bits per heavy atom. The lowest BCUT2D eigenvalue weighted by Gasteiger charge is -2.33. The van der Waals surface area contributed by atoms with E-state index in [4.69, 9.17) is 9.72 Å². The van der Waals surface area contributed by atoms with Crippen LogP contribution in [0.25, 0.3) is 0 Å². The maximum atomic E-state index is 5.19. The van der Waals surface area contributed by atoms with Crippen LogP contribution >= 0.6 is 11.3 Å². The van der Waals surface area contributed by atoms with Gasteiger partial charge in [-0.15, -0.1) is 11.3 Å². The fourth-order valence-corrected chi connectivity index (χ4v) is 3.83. The molecule has 0 atom stereocenters. The topological polar surface area (TPSA) is 34.1 Å². The second-order valence-electron chi connectivity index (χ2n) is 5.73. The molecule has 0 amide bonds. The van der Waals surface area contributed by atoms with E-state index in [1.54, 1.807) is 7.11 Å². The van der Waals surface area contributed by atoms with Gasteiger partial charge in [0.2, 0.25) is 0 Å². The fraction of sp³-hybridized carbons (Fsp3) is 0.812. The van der Waals surface area contributed by atoms with E-state index in [2.05, 4.69) is 38.4 Å². The van der Waals surface area contributed by atoms with Crippen LogP contribution in [-0.4, -0.2) is 25.2 Å². The van der Waals surface area contributed by atoms with E-state index in [0.29, 0.717) is 5.92 Å². The molecule has 0 radical (unpaired) electrons. The zero-order chi connectivity index (χ0) is 15.0. The third-order valence-corrected chi connectivity index (χ3v) is 4.71. The van der Waals surface area contributed by atoms with Crippen LogP contribution < -0.4 is 5.32 Å². The van der Waals surface area contributed by atoms with Crippen molar-refractivity contribution >= 4 is 11.3 Å². The quantitative estimate of drug-likeness (QED) is 0.654. The van der Waals surface area contributed by atoms with Crippen molar-refractivity contribution in [3.05, 3.63) is 16.1 Å². The summed E-state index contributed by atoms with van der Waals surface area (Å²) in [4.78, 5) is 4.91. The van der Waals surface area contributed by atoms with Gasteiger partial charge in [0.1, 0.15) is 5.01 Å². The average Bonchev–Trinajstić information content (AvgIpc) is 2.89. The molecule has 0 saturated heterocycles. The van der Waals surface area contributed by atoms with Gasteiger partial charge in [0.25, 0.3) is 0 Å². The van der Waals surface area contributed by atoms with Gasteiger partial charge in [-0.25, -0.2) is 4.98 Å². The van der Waals surface area contributed by atoms with Gasteiger partial charge in [0.05, 0.1) is 17.8 Å². The number of hydrogen-bond donors (Lipinski definition) is 1. The van der Waals surface area contributed by atoms with Crippen molar-refractivity contribution in [2.24, 2.45) is 0 Å². The minimum absolute atomic E-state index is 0.0276. The second kappa shape index (κ2) is 8.75. The molecule has 4 heteroatoms. The Morgan fingerprint density at radius 1 is 1.30 bits per heavy atom. The molecular formula is C16H30N2OS. The monoisotopic (exact) mass is 298 g/mol. The molecule has 0 aliphatic heterocycles. The minimum Gasteiger partial charge on any atom is -0.383 e. The van der Waals surface area contributed by atoms with E-state index in [0.717, 1.165) is 38.8 Å². The standard InChI is InChI=1S/C16H30N2OS/c1-6-8-16(9-7-2,17-10-11-19-5)15-18-14(12-20-15)13(3)4/h12-13,17H,6-11H2,1-5H3. The number of nitrogens with one attached hydrogen (secondary N) is 1. The summed E-state index contributed by atoms with van der Waals surface area (Å²) in [6.45, 7) is 10.5. The Labute approximate surface area is 128 Å². The van der Waals surface area contributed by atoms with Crippen LogP contribution in [0.3, 0.4) is 0 Å². The number of ether oxygens (including phenoxy) is 1. The minimum atomic E-state index is 0.0276. The highest BCUT2D eigenvalue weighted by Gasteiger charge is 2.33.